The molecule has 1 aliphatic heterocycles. The minimum atomic E-state index is -0.187. The van der Waals surface area contributed by atoms with Crippen LogP contribution >= 0.6 is 22.7 Å². The van der Waals surface area contributed by atoms with Crippen LogP contribution in [0.2, 0.25) is 0 Å². The van der Waals surface area contributed by atoms with E-state index in [2.05, 4.69) is 20.3 Å². The number of fused-ring (bicyclic) bond motifs is 3. The summed E-state index contributed by atoms with van der Waals surface area (Å²) in [6.07, 6.45) is 0.532. The number of carbonyl (C=O) groups is 1. The number of aromatic nitrogens is 3. The van der Waals surface area contributed by atoms with Gasteiger partial charge in [0.25, 0.3) is 5.56 Å². The average Bonchev–Trinajstić information content (AvgIpc) is 3.23. The summed E-state index contributed by atoms with van der Waals surface area (Å²) in [6.45, 7) is 4.93. The van der Waals surface area contributed by atoms with Crippen LogP contribution in [0.5, 0.6) is 11.5 Å². The maximum atomic E-state index is 12.4. The van der Waals surface area contributed by atoms with E-state index in [9.17, 15) is 9.59 Å². The van der Waals surface area contributed by atoms with Crippen molar-refractivity contribution in [1.82, 2.24) is 15.0 Å². The molecule has 2 N–H and O–H groups in total. The van der Waals surface area contributed by atoms with Gasteiger partial charge in [-0.15, -0.1) is 11.3 Å². The molecule has 4 heterocycles. The van der Waals surface area contributed by atoms with Gasteiger partial charge in [0.1, 0.15) is 23.9 Å². The molecule has 30 heavy (non-hydrogen) atoms. The zero-order chi connectivity index (χ0) is 20.8. The number of rotatable bonds is 4. The third kappa shape index (κ3) is 3.41. The second-order valence-electron chi connectivity index (χ2n) is 7.01. The van der Waals surface area contributed by atoms with Crippen LogP contribution < -0.4 is 20.3 Å². The summed E-state index contributed by atoms with van der Waals surface area (Å²) in [5.41, 5.74) is 1.55. The molecule has 0 spiro atoms. The zero-order valence-electron chi connectivity index (χ0n) is 16.3. The van der Waals surface area contributed by atoms with Crippen molar-refractivity contribution >= 4 is 54.1 Å². The predicted octanol–water partition coefficient (Wildman–Crippen LogP) is 3.55. The molecule has 8 nitrogen and oxygen atoms in total. The Morgan fingerprint density at radius 2 is 1.93 bits per heavy atom. The fourth-order valence-electron chi connectivity index (χ4n) is 3.35. The highest BCUT2D eigenvalue weighted by molar-refractivity contribution is 7.22. The number of H-pyrrole nitrogens is 1. The number of hydrogen-bond donors (Lipinski definition) is 2. The number of hydrogen-bond acceptors (Lipinski definition) is 8. The summed E-state index contributed by atoms with van der Waals surface area (Å²) in [6, 6.07) is 3.71. The molecule has 1 aromatic carbocycles. The van der Waals surface area contributed by atoms with Gasteiger partial charge in [-0.3, -0.25) is 9.59 Å². The lowest BCUT2D eigenvalue weighted by atomic mass is 10.2. The summed E-state index contributed by atoms with van der Waals surface area (Å²) in [7, 11) is 0. The van der Waals surface area contributed by atoms with Crippen LogP contribution in [0.4, 0.5) is 5.13 Å². The highest BCUT2D eigenvalue weighted by Crippen LogP contribution is 2.37. The first-order valence-corrected chi connectivity index (χ1v) is 11.1. The maximum Gasteiger partial charge on any atom is 0.259 e. The smallest absolute Gasteiger partial charge is 0.259 e. The normalized spacial score (nSPS) is 13.1. The van der Waals surface area contributed by atoms with Crippen molar-refractivity contribution in [3.8, 4) is 11.5 Å². The SMILES string of the molecule is Cc1sc2nc(CCC(=O)Nc3nc4cc5c(cc4s3)OCCO5)[nH]c(=O)c2c1C. The van der Waals surface area contributed by atoms with Crippen molar-refractivity contribution in [2.75, 3.05) is 18.5 Å². The number of anilines is 1. The number of thiophene rings is 1. The highest BCUT2D eigenvalue weighted by Gasteiger charge is 2.17. The van der Waals surface area contributed by atoms with Crippen molar-refractivity contribution in [3.05, 3.63) is 38.8 Å². The molecule has 0 aliphatic carbocycles. The predicted molar refractivity (Wildman–Crippen MR) is 117 cm³/mol. The van der Waals surface area contributed by atoms with E-state index >= 15 is 0 Å². The van der Waals surface area contributed by atoms with E-state index in [1.165, 1.54) is 22.7 Å². The van der Waals surface area contributed by atoms with Gasteiger partial charge in [0, 0.05) is 29.9 Å². The Balaban J connectivity index is 1.29. The average molecular weight is 443 g/mol. The van der Waals surface area contributed by atoms with E-state index in [-0.39, 0.29) is 17.9 Å². The number of benzene rings is 1. The molecule has 0 saturated heterocycles. The Bertz CT molecular complexity index is 1310. The van der Waals surface area contributed by atoms with Crippen molar-refractivity contribution in [2.45, 2.75) is 26.7 Å². The van der Waals surface area contributed by atoms with E-state index in [1.54, 1.807) is 0 Å². The number of ether oxygens (including phenoxy) is 2. The van der Waals surface area contributed by atoms with E-state index in [0.717, 1.165) is 20.7 Å². The molecule has 0 fully saturated rings. The fourth-order valence-corrected chi connectivity index (χ4v) is 5.29. The second-order valence-corrected chi connectivity index (χ2v) is 9.24. The zero-order valence-corrected chi connectivity index (χ0v) is 18.0. The Morgan fingerprint density at radius 3 is 2.73 bits per heavy atom. The van der Waals surface area contributed by atoms with Gasteiger partial charge in [0.15, 0.2) is 16.6 Å². The minimum absolute atomic E-state index is 0.156. The molecule has 1 amide bonds. The number of nitrogens with zero attached hydrogens (tertiary/aromatic N) is 2. The minimum Gasteiger partial charge on any atom is -0.486 e. The largest absolute Gasteiger partial charge is 0.486 e. The molecule has 3 aromatic heterocycles. The van der Waals surface area contributed by atoms with E-state index in [0.29, 0.717) is 52.3 Å². The van der Waals surface area contributed by atoms with Gasteiger partial charge in [0.2, 0.25) is 5.91 Å². The molecule has 10 heteroatoms. The quantitative estimate of drug-likeness (QED) is 0.501. The molecular formula is C20H18N4O4S2. The van der Waals surface area contributed by atoms with Gasteiger partial charge in [-0.25, -0.2) is 9.97 Å². The molecular weight excluding hydrogens is 424 g/mol. The third-order valence-corrected chi connectivity index (χ3v) is 7.01. The van der Waals surface area contributed by atoms with Crippen molar-refractivity contribution in [1.29, 1.82) is 0 Å². The van der Waals surface area contributed by atoms with Crippen LogP contribution in [0, 0.1) is 13.8 Å². The number of nitrogens with one attached hydrogen (secondary N) is 2. The molecule has 5 rings (SSSR count). The van der Waals surface area contributed by atoms with Crippen LogP contribution in [-0.2, 0) is 11.2 Å². The number of amides is 1. The van der Waals surface area contributed by atoms with Crippen LogP contribution in [0.1, 0.15) is 22.7 Å². The standard InChI is InChI=1S/C20H18N4O4S2/c1-9-10(2)29-19-17(9)18(26)22-15(23-19)3-4-16(25)24-20-21-11-7-12-13(8-14(11)30-20)28-6-5-27-12/h7-8H,3-6H2,1-2H3,(H,21,24,25)(H,22,23,26). The first kappa shape index (κ1) is 19.0. The molecule has 154 valence electrons. The third-order valence-electron chi connectivity index (χ3n) is 4.98. The van der Waals surface area contributed by atoms with Crippen molar-refractivity contribution < 1.29 is 14.3 Å². The summed E-state index contributed by atoms with van der Waals surface area (Å²) in [4.78, 5) is 38.3. The summed E-state index contributed by atoms with van der Waals surface area (Å²) in [5, 5.41) is 3.97. The summed E-state index contributed by atoms with van der Waals surface area (Å²) >= 11 is 2.87. The van der Waals surface area contributed by atoms with Crippen LogP contribution in [0.15, 0.2) is 16.9 Å². The lowest BCUT2D eigenvalue weighted by Gasteiger charge is -2.17. The summed E-state index contributed by atoms with van der Waals surface area (Å²) < 4.78 is 12.1. The van der Waals surface area contributed by atoms with E-state index in [4.69, 9.17) is 9.47 Å². The Morgan fingerprint density at radius 1 is 1.17 bits per heavy atom. The molecule has 0 saturated carbocycles. The Kier molecular flexibility index (Phi) is 4.67. The fraction of sp³-hybridized carbons (Fsp3) is 0.300. The molecule has 4 aromatic rings. The molecule has 0 bridgehead atoms. The van der Waals surface area contributed by atoms with E-state index in [1.807, 2.05) is 26.0 Å². The van der Waals surface area contributed by atoms with Crippen LogP contribution in [0.3, 0.4) is 0 Å². The first-order valence-electron chi connectivity index (χ1n) is 9.47. The van der Waals surface area contributed by atoms with Crippen LogP contribution in [0.25, 0.3) is 20.4 Å². The number of carbonyl (C=O) groups excluding carboxylic acids is 1. The Hall–Kier alpha value is -2.98. The van der Waals surface area contributed by atoms with Gasteiger partial charge in [-0.1, -0.05) is 11.3 Å². The second kappa shape index (κ2) is 7.37. The number of aromatic amines is 1. The van der Waals surface area contributed by atoms with Crippen molar-refractivity contribution in [3.63, 3.8) is 0 Å². The number of aryl methyl sites for hydroxylation is 3. The number of thiazole rings is 1. The first-order chi connectivity index (χ1) is 14.5. The van der Waals surface area contributed by atoms with Crippen molar-refractivity contribution in [2.24, 2.45) is 0 Å². The topological polar surface area (TPSA) is 106 Å². The van der Waals surface area contributed by atoms with Gasteiger partial charge in [-0.05, 0) is 19.4 Å². The molecule has 0 radical (unpaired) electrons. The monoisotopic (exact) mass is 442 g/mol. The lowest BCUT2D eigenvalue weighted by Crippen LogP contribution is -2.16. The van der Waals surface area contributed by atoms with E-state index < -0.39 is 0 Å². The molecule has 1 aliphatic rings. The molecule has 0 atom stereocenters. The van der Waals surface area contributed by atoms with Crippen LogP contribution in [-0.4, -0.2) is 34.1 Å². The van der Waals surface area contributed by atoms with Gasteiger partial charge >= 0.3 is 0 Å². The lowest BCUT2D eigenvalue weighted by molar-refractivity contribution is -0.116. The Labute approximate surface area is 178 Å². The maximum absolute atomic E-state index is 12.4. The molecule has 0 unspecified atom stereocenters. The highest BCUT2D eigenvalue weighted by atomic mass is 32.1. The van der Waals surface area contributed by atoms with Gasteiger partial charge in [0.05, 0.1) is 15.6 Å². The van der Waals surface area contributed by atoms with Gasteiger partial charge < -0.3 is 19.8 Å². The van der Waals surface area contributed by atoms with Gasteiger partial charge in [-0.2, -0.15) is 0 Å². The summed E-state index contributed by atoms with van der Waals surface area (Å²) in [5.74, 6) is 1.68.